The first kappa shape index (κ1) is 27.6. The maximum Gasteiger partial charge on any atom is 0.263 e. The van der Waals surface area contributed by atoms with E-state index in [1.165, 1.54) is 0 Å². The van der Waals surface area contributed by atoms with Crippen LogP contribution >= 0.6 is 0 Å². The maximum atomic E-state index is 13.4. The molecular formula is C36H29N5O5. The monoisotopic (exact) mass is 611 g/mol. The zero-order valence-corrected chi connectivity index (χ0v) is 24.8. The summed E-state index contributed by atoms with van der Waals surface area (Å²) in [6.45, 7) is 2.37. The number of nitrogens with zero attached hydrogens (tertiary/aromatic N) is 5. The number of hydrogen-bond acceptors (Lipinski definition) is 9. The number of amides is 1. The predicted molar refractivity (Wildman–Crippen MR) is 171 cm³/mol. The Morgan fingerprint density at radius 1 is 0.761 bits per heavy atom. The van der Waals surface area contributed by atoms with Crippen LogP contribution in [0.4, 0.5) is 5.82 Å². The Kier molecular flexibility index (Phi) is 7.14. The first-order chi connectivity index (χ1) is 22.7. The van der Waals surface area contributed by atoms with Crippen molar-refractivity contribution in [3.05, 3.63) is 120 Å². The molecule has 0 spiro atoms. The van der Waals surface area contributed by atoms with Crippen LogP contribution in [0.1, 0.15) is 21.7 Å². The number of rotatable bonds is 7. The summed E-state index contributed by atoms with van der Waals surface area (Å²) in [6.07, 6.45) is 0.544. The Morgan fingerprint density at radius 3 is 2.35 bits per heavy atom. The summed E-state index contributed by atoms with van der Waals surface area (Å²) in [5.41, 5.74) is 3.54. The number of piperazine rings is 1. The SMILES string of the molecule is O=C(c1ccc2c(c1)OCO2)N1CCN(c2nc(Cc3ccccc3)nc3onc(-c4cccc(Oc5ccccc5)c4)c23)CC1. The van der Waals surface area contributed by atoms with Crippen molar-refractivity contribution in [2.75, 3.05) is 37.9 Å². The molecule has 2 aliphatic rings. The lowest BCUT2D eigenvalue weighted by atomic mass is 10.1. The van der Waals surface area contributed by atoms with Crippen LogP contribution in [0.15, 0.2) is 108 Å². The smallest absolute Gasteiger partial charge is 0.263 e. The number of anilines is 1. The largest absolute Gasteiger partial charge is 0.457 e. The van der Waals surface area contributed by atoms with Crippen LogP contribution in [-0.4, -0.2) is 58.9 Å². The van der Waals surface area contributed by atoms with E-state index >= 15 is 0 Å². The molecule has 2 aromatic heterocycles. The van der Waals surface area contributed by atoms with Gasteiger partial charge >= 0.3 is 0 Å². The normalized spacial score (nSPS) is 14.1. The summed E-state index contributed by atoms with van der Waals surface area (Å²) in [5.74, 6) is 4.00. The fourth-order valence-electron chi connectivity index (χ4n) is 5.83. The minimum Gasteiger partial charge on any atom is -0.457 e. The fraction of sp³-hybridized carbons (Fsp3) is 0.167. The van der Waals surface area contributed by atoms with Gasteiger partial charge in [-0.05, 0) is 48.0 Å². The van der Waals surface area contributed by atoms with Crippen LogP contribution in [0, 0.1) is 0 Å². The molecule has 0 bridgehead atoms. The second-order valence-electron chi connectivity index (χ2n) is 11.1. The highest BCUT2D eigenvalue weighted by Crippen LogP contribution is 2.37. The Labute approximate surface area is 264 Å². The van der Waals surface area contributed by atoms with Crippen molar-refractivity contribution in [3.63, 3.8) is 0 Å². The molecule has 0 aliphatic carbocycles. The van der Waals surface area contributed by atoms with E-state index in [1.807, 2.05) is 77.7 Å². The summed E-state index contributed by atoms with van der Waals surface area (Å²) in [7, 11) is 0. The average Bonchev–Trinajstić information content (AvgIpc) is 3.76. The van der Waals surface area contributed by atoms with Crippen LogP contribution in [0.2, 0.25) is 0 Å². The zero-order valence-electron chi connectivity index (χ0n) is 24.8. The Hall–Kier alpha value is -5.90. The quantitative estimate of drug-likeness (QED) is 0.204. The van der Waals surface area contributed by atoms with Gasteiger partial charge in [-0.15, -0.1) is 0 Å². The zero-order chi connectivity index (χ0) is 30.9. The topological polar surface area (TPSA) is 103 Å². The third-order valence-electron chi connectivity index (χ3n) is 8.14. The number of fused-ring (bicyclic) bond motifs is 2. The van der Waals surface area contributed by atoms with Crippen molar-refractivity contribution >= 4 is 22.8 Å². The summed E-state index contributed by atoms with van der Waals surface area (Å²) in [4.78, 5) is 27.3. The first-order valence-electron chi connectivity index (χ1n) is 15.2. The highest BCUT2D eigenvalue weighted by molar-refractivity contribution is 5.99. The van der Waals surface area contributed by atoms with E-state index < -0.39 is 0 Å². The summed E-state index contributed by atoms with van der Waals surface area (Å²) in [6, 6.07) is 32.8. The number of aromatic nitrogens is 3. The highest BCUT2D eigenvalue weighted by Gasteiger charge is 2.28. The summed E-state index contributed by atoms with van der Waals surface area (Å²) >= 11 is 0. The Balaban J connectivity index is 1.11. The van der Waals surface area contributed by atoms with E-state index in [9.17, 15) is 4.79 Å². The molecule has 46 heavy (non-hydrogen) atoms. The second kappa shape index (κ2) is 11.9. The van der Waals surface area contributed by atoms with Gasteiger partial charge in [-0.2, -0.15) is 4.98 Å². The predicted octanol–water partition coefficient (Wildman–Crippen LogP) is 6.36. The van der Waals surface area contributed by atoms with Crippen molar-refractivity contribution in [2.45, 2.75) is 6.42 Å². The molecule has 0 saturated carbocycles. The van der Waals surface area contributed by atoms with Crippen molar-refractivity contribution in [3.8, 4) is 34.3 Å². The molecule has 6 aromatic rings. The van der Waals surface area contributed by atoms with Gasteiger partial charge in [-0.3, -0.25) is 4.79 Å². The van der Waals surface area contributed by atoms with Gasteiger partial charge in [-0.25, -0.2) is 4.98 Å². The number of para-hydroxylation sites is 1. The fourth-order valence-corrected chi connectivity index (χ4v) is 5.83. The second-order valence-corrected chi connectivity index (χ2v) is 11.1. The molecule has 0 radical (unpaired) electrons. The Bertz CT molecular complexity index is 2020. The lowest BCUT2D eigenvalue weighted by Gasteiger charge is -2.35. The van der Waals surface area contributed by atoms with Crippen LogP contribution < -0.4 is 19.1 Å². The third kappa shape index (κ3) is 5.45. The lowest BCUT2D eigenvalue weighted by Crippen LogP contribution is -2.49. The Morgan fingerprint density at radius 2 is 1.52 bits per heavy atom. The van der Waals surface area contributed by atoms with Crippen molar-refractivity contribution < 1.29 is 23.5 Å². The van der Waals surface area contributed by atoms with Crippen molar-refractivity contribution in [1.82, 2.24) is 20.0 Å². The minimum atomic E-state index is -0.0450. The van der Waals surface area contributed by atoms with E-state index in [0.29, 0.717) is 72.6 Å². The van der Waals surface area contributed by atoms with Gasteiger partial charge in [0, 0.05) is 43.7 Å². The van der Waals surface area contributed by atoms with E-state index in [4.69, 9.17) is 28.7 Å². The van der Waals surface area contributed by atoms with E-state index in [1.54, 1.807) is 18.2 Å². The molecule has 4 heterocycles. The summed E-state index contributed by atoms with van der Waals surface area (Å²) in [5, 5.41) is 5.21. The van der Waals surface area contributed by atoms with Gasteiger partial charge in [0.1, 0.15) is 34.2 Å². The molecular weight excluding hydrogens is 582 g/mol. The van der Waals surface area contributed by atoms with Crippen LogP contribution in [0.3, 0.4) is 0 Å². The molecule has 1 amide bonds. The number of benzene rings is 4. The molecule has 10 nitrogen and oxygen atoms in total. The molecule has 4 aromatic carbocycles. The minimum absolute atomic E-state index is 0.0450. The number of carbonyl (C=O) groups excluding carboxylic acids is 1. The van der Waals surface area contributed by atoms with Gasteiger partial charge in [0.2, 0.25) is 6.79 Å². The molecule has 1 saturated heterocycles. The highest BCUT2D eigenvalue weighted by atomic mass is 16.7. The molecule has 8 rings (SSSR count). The molecule has 0 N–H and O–H groups in total. The molecule has 2 aliphatic heterocycles. The van der Waals surface area contributed by atoms with Crippen molar-refractivity contribution in [1.29, 1.82) is 0 Å². The van der Waals surface area contributed by atoms with Gasteiger partial charge < -0.3 is 28.5 Å². The molecule has 1 fully saturated rings. The average molecular weight is 612 g/mol. The van der Waals surface area contributed by atoms with Gasteiger partial charge in [0.05, 0.1) is 0 Å². The van der Waals surface area contributed by atoms with Gasteiger partial charge in [-0.1, -0.05) is 65.8 Å². The standard InChI is InChI=1S/C36H29N5O5/c42-36(26-14-15-29-30(22-26)44-23-43-29)41-18-16-40(17-19-41)34-32-33(25-10-7-13-28(21-25)45-27-11-5-2-6-12-27)39-46-35(32)38-31(37-34)20-24-8-3-1-4-9-24/h1-15,21-22H,16-20,23H2. The number of carbonyl (C=O) groups is 1. The van der Waals surface area contributed by atoms with Crippen LogP contribution in [-0.2, 0) is 6.42 Å². The number of hydrogen-bond donors (Lipinski definition) is 0. The van der Waals surface area contributed by atoms with E-state index in [-0.39, 0.29) is 12.7 Å². The van der Waals surface area contributed by atoms with Crippen molar-refractivity contribution in [2.24, 2.45) is 0 Å². The van der Waals surface area contributed by atoms with Gasteiger partial charge in [0.15, 0.2) is 11.5 Å². The first-order valence-corrected chi connectivity index (χ1v) is 15.2. The molecule has 10 heteroatoms. The van der Waals surface area contributed by atoms with E-state index in [0.717, 1.165) is 28.1 Å². The third-order valence-corrected chi connectivity index (χ3v) is 8.14. The van der Waals surface area contributed by atoms with Gasteiger partial charge in [0.25, 0.3) is 11.6 Å². The maximum absolute atomic E-state index is 13.4. The summed E-state index contributed by atoms with van der Waals surface area (Å²) < 4.78 is 22.9. The number of ether oxygens (including phenoxy) is 3. The van der Waals surface area contributed by atoms with Crippen LogP contribution in [0.5, 0.6) is 23.0 Å². The lowest BCUT2D eigenvalue weighted by molar-refractivity contribution is 0.0746. The molecule has 0 unspecified atom stereocenters. The molecule has 0 atom stereocenters. The van der Waals surface area contributed by atoms with E-state index in [2.05, 4.69) is 22.2 Å². The molecule has 228 valence electrons. The van der Waals surface area contributed by atoms with Crippen LogP contribution in [0.25, 0.3) is 22.4 Å².